The van der Waals surface area contributed by atoms with Gasteiger partial charge in [-0.2, -0.15) is 0 Å². The second-order valence-corrected chi connectivity index (χ2v) is 7.05. The first kappa shape index (κ1) is 18.5. The fourth-order valence-electron chi connectivity index (χ4n) is 3.43. The predicted molar refractivity (Wildman–Crippen MR) is 107 cm³/mol. The molecule has 0 N–H and O–H groups in total. The average Bonchev–Trinajstić information content (AvgIpc) is 2.98. The van der Waals surface area contributed by atoms with Crippen LogP contribution in [-0.2, 0) is 11.3 Å². The van der Waals surface area contributed by atoms with Gasteiger partial charge in [-0.1, -0.05) is 6.07 Å². The van der Waals surface area contributed by atoms with Crippen molar-refractivity contribution >= 4 is 12.0 Å². The first-order valence-corrected chi connectivity index (χ1v) is 9.76. The molecule has 1 aromatic carbocycles. The highest BCUT2D eigenvalue weighted by molar-refractivity contribution is 5.92. The Kier molecular flexibility index (Phi) is 5.87. The zero-order valence-corrected chi connectivity index (χ0v) is 15.9. The molecule has 1 saturated heterocycles. The lowest BCUT2D eigenvalue weighted by molar-refractivity contribution is -0.127. The summed E-state index contributed by atoms with van der Waals surface area (Å²) in [6.07, 6.45) is 8.02. The van der Waals surface area contributed by atoms with Crippen LogP contribution in [0.15, 0.2) is 48.8 Å². The Hall–Kier alpha value is -2.86. The Morgan fingerprint density at radius 1 is 1.00 bits per heavy atom. The van der Waals surface area contributed by atoms with Crippen LogP contribution < -0.4 is 9.47 Å². The van der Waals surface area contributed by atoms with Gasteiger partial charge in [0, 0.05) is 57.6 Å². The van der Waals surface area contributed by atoms with E-state index in [1.807, 2.05) is 53.7 Å². The largest absolute Gasteiger partial charge is 0.490 e. The molecule has 2 aromatic rings. The second kappa shape index (κ2) is 8.89. The number of benzene rings is 1. The number of hydrogen-bond acceptors (Lipinski definition) is 5. The van der Waals surface area contributed by atoms with Gasteiger partial charge in [0.25, 0.3) is 0 Å². The van der Waals surface area contributed by atoms with Crippen LogP contribution in [0, 0.1) is 0 Å². The van der Waals surface area contributed by atoms with E-state index in [-0.39, 0.29) is 5.91 Å². The molecule has 1 fully saturated rings. The molecule has 1 amide bonds. The topological polar surface area (TPSA) is 54.9 Å². The van der Waals surface area contributed by atoms with Crippen molar-refractivity contribution in [2.24, 2.45) is 0 Å². The van der Waals surface area contributed by atoms with Gasteiger partial charge in [-0.15, -0.1) is 0 Å². The summed E-state index contributed by atoms with van der Waals surface area (Å²) in [5, 5.41) is 0. The Labute approximate surface area is 165 Å². The number of pyridine rings is 1. The first-order valence-electron chi connectivity index (χ1n) is 9.76. The quantitative estimate of drug-likeness (QED) is 0.765. The molecule has 4 rings (SSSR count). The molecule has 0 saturated carbocycles. The molecule has 0 bridgehead atoms. The number of ether oxygens (including phenoxy) is 2. The lowest BCUT2D eigenvalue weighted by atomic mass is 10.1. The molecule has 6 nitrogen and oxygen atoms in total. The summed E-state index contributed by atoms with van der Waals surface area (Å²) in [7, 11) is 0. The third-order valence-corrected chi connectivity index (χ3v) is 5.03. The SMILES string of the molecule is O=C(C=Cc1ccc2c(c1)OCCCO2)N1CCN(Cc2ccncc2)CC1. The van der Waals surface area contributed by atoms with Crippen LogP contribution >= 0.6 is 0 Å². The van der Waals surface area contributed by atoms with E-state index in [1.165, 1.54) is 5.56 Å². The minimum absolute atomic E-state index is 0.0515. The summed E-state index contributed by atoms with van der Waals surface area (Å²) in [5.74, 6) is 1.57. The summed E-state index contributed by atoms with van der Waals surface area (Å²) in [6.45, 7) is 5.48. The standard InChI is InChI=1S/C22H25N3O3/c26-22(5-3-18-2-4-20-21(16-18)28-15-1-14-27-20)25-12-10-24(11-13-25)17-19-6-8-23-9-7-19/h2-9,16H,1,10-15,17H2. The fraction of sp³-hybridized carbons (Fsp3) is 0.364. The van der Waals surface area contributed by atoms with E-state index < -0.39 is 0 Å². The monoisotopic (exact) mass is 379 g/mol. The Morgan fingerprint density at radius 2 is 1.75 bits per heavy atom. The lowest BCUT2D eigenvalue weighted by Crippen LogP contribution is -2.47. The van der Waals surface area contributed by atoms with Crippen molar-refractivity contribution in [1.29, 1.82) is 0 Å². The number of aromatic nitrogens is 1. The van der Waals surface area contributed by atoms with E-state index in [1.54, 1.807) is 6.08 Å². The van der Waals surface area contributed by atoms with E-state index in [0.717, 1.165) is 56.2 Å². The van der Waals surface area contributed by atoms with E-state index >= 15 is 0 Å². The summed E-state index contributed by atoms with van der Waals surface area (Å²) < 4.78 is 11.4. The first-order chi connectivity index (χ1) is 13.8. The molecule has 0 radical (unpaired) electrons. The van der Waals surface area contributed by atoms with E-state index in [2.05, 4.69) is 9.88 Å². The average molecular weight is 379 g/mol. The predicted octanol–water partition coefficient (Wildman–Crippen LogP) is 2.60. The van der Waals surface area contributed by atoms with Crippen molar-refractivity contribution in [2.45, 2.75) is 13.0 Å². The molecule has 146 valence electrons. The van der Waals surface area contributed by atoms with Crippen molar-refractivity contribution in [3.05, 3.63) is 59.9 Å². The van der Waals surface area contributed by atoms with E-state index in [9.17, 15) is 4.79 Å². The summed E-state index contributed by atoms with van der Waals surface area (Å²) in [4.78, 5) is 20.9. The minimum atomic E-state index is 0.0515. The number of carbonyl (C=O) groups excluding carboxylic acids is 1. The van der Waals surface area contributed by atoms with Gasteiger partial charge in [-0.3, -0.25) is 14.7 Å². The molecule has 28 heavy (non-hydrogen) atoms. The van der Waals surface area contributed by atoms with Crippen molar-refractivity contribution < 1.29 is 14.3 Å². The lowest BCUT2D eigenvalue weighted by Gasteiger charge is -2.34. The molecule has 0 unspecified atom stereocenters. The molecule has 1 aromatic heterocycles. The Bertz CT molecular complexity index is 830. The smallest absolute Gasteiger partial charge is 0.246 e. The van der Waals surface area contributed by atoms with Gasteiger partial charge in [0.2, 0.25) is 5.91 Å². The van der Waals surface area contributed by atoms with Crippen molar-refractivity contribution in [3.8, 4) is 11.5 Å². The number of nitrogens with zero attached hydrogens (tertiary/aromatic N) is 3. The van der Waals surface area contributed by atoms with Gasteiger partial charge >= 0.3 is 0 Å². The Balaban J connectivity index is 1.30. The van der Waals surface area contributed by atoms with E-state index in [4.69, 9.17) is 9.47 Å². The number of amides is 1. The third kappa shape index (κ3) is 4.70. The molecular formula is C22H25N3O3. The van der Waals surface area contributed by atoms with Crippen molar-refractivity contribution in [1.82, 2.24) is 14.8 Å². The maximum atomic E-state index is 12.5. The number of hydrogen-bond donors (Lipinski definition) is 0. The van der Waals surface area contributed by atoms with Gasteiger partial charge in [-0.05, 0) is 41.5 Å². The highest BCUT2D eigenvalue weighted by Crippen LogP contribution is 2.30. The number of piperazine rings is 1. The molecular weight excluding hydrogens is 354 g/mol. The van der Waals surface area contributed by atoms with Gasteiger partial charge in [0.1, 0.15) is 0 Å². The van der Waals surface area contributed by atoms with E-state index in [0.29, 0.717) is 13.2 Å². The highest BCUT2D eigenvalue weighted by Gasteiger charge is 2.19. The number of rotatable bonds is 4. The Morgan fingerprint density at radius 3 is 2.54 bits per heavy atom. The van der Waals surface area contributed by atoms with Gasteiger partial charge in [0.15, 0.2) is 11.5 Å². The molecule has 0 spiro atoms. The normalized spacial score (nSPS) is 17.5. The molecule has 3 heterocycles. The van der Waals surface area contributed by atoms with Crippen LogP contribution in [0.2, 0.25) is 0 Å². The molecule has 2 aliphatic rings. The molecule has 6 heteroatoms. The summed E-state index contributed by atoms with van der Waals surface area (Å²) in [6, 6.07) is 9.86. The van der Waals surface area contributed by atoms with Crippen molar-refractivity contribution in [3.63, 3.8) is 0 Å². The highest BCUT2D eigenvalue weighted by atomic mass is 16.5. The molecule has 2 aliphatic heterocycles. The minimum Gasteiger partial charge on any atom is -0.490 e. The van der Waals surface area contributed by atoms with Crippen LogP contribution in [0.5, 0.6) is 11.5 Å². The van der Waals surface area contributed by atoms with Crippen LogP contribution in [0.4, 0.5) is 0 Å². The van der Waals surface area contributed by atoms with Crippen LogP contribution in [0.25, 0.3) is 6.08 Å². The maximum Gasteiger partial charge on any atom is 0.246 e. The van der Waals surface area contributed by atoms with Gasteiger partial charge in [-0.25, -0.2) is 0 Å². The number of fused-ring (bicyclic) bond motifs is 1. The van der Waals surface area contributed by atoms with Crippen LogP contribution in [0.3, 0.4) is 0 Å². The fourth-order valence-corrected chi connectivity index (χ4v) is 3.43. The van der Waals surface area contributed by atoms with Crippen molar-refractivity contribution in [2.75, 3.05) is 39.4 Å². The summed E-state index contributed by atoms with van der Waals surface area (Å²) >= 11 is 0. The zero-order chi connectivity index (χ0) is 19.2. The van der Waals surface area contributed by atoms with Gasteiger partial charge < -0.3 is 14.4 Å². The second-order valence-electron chi connectivity index (χ2n) is 7.05. The molecule has 0 atom stereocenters. The van der Waals surface area contributed by atoms with Crippen LogP contribution in [-0.4, -0.2) is 60.1 Å². The van der Waals surface area contributed by atoms with Crippen LogP contribution in [0.1, 0.15) is 17.5 Å². The third-order valence-electron chi connectivity index (χ3n) is 5.03. The zero-order valence-electron chi connectivity index (χ0n) is 15.9. The molecule has 0 aliphatic carbocycles. The van der Waals surface area contributed by atoms with Gasteiger partial charge in [0.05, 0.1) is 13.2 Å². The maximum absolute atomic E-state index is 12.5. The number of carbonyl (C=O) groups is 1. The summed E-state index contributed by atoms with van der Waals surface area (Å²) in [5.41, 5.74) is 2.19.